The van der Waals surface area contributed by atoms with Crippen LogP contribution in [0.25, 0.3) is 0 Å². The SMILES string of the molecule is O=C(O)COCc1cccc([N+](=O)[O-])c1F. The molecule has 16 heavy (non-hydrogen) atoms. The fourth-order valence-electron chi connectivity index (χ4n) is 1.07. The third-order valence-corrected chi connectivity index (χ3v) is 1.74. The van der Waals surface area contributed by atoms with Crippen LogP contribution in [0.2, 0.25) is 0 Å². The van der Waals surface area contributed by atoms with E-state index in [9.17, 15) is 19.3 Å². The lowest BCUT2D eigenvalue weighted by molar-refractivity contribution is -0.387. The first-order chi connectivity index (χ1) is 7.52. The number of rotatable bonds is 5. The van der Waals surface area contributed by atoms with Gasteiger partial charge in [0.25, 0.3) is 0 Å². The van der Waals surface area contributed by atoms with E-state index in [1.807, 2.05) is 0 Å². The molecule has 1 aromatic rings. The predicted molar refractivity (Wildman–Crippen MR) is 50.3 cm³/mol. The molecule has 0 aliphatic rings. The van der Waals surface area contributed by atoms with Gasteiger partial charge in [0.1, 0.15) is 6.61 Å². The van der Waals surface area contributed by atoms with Gasteiger partial charge in [-0.05, 0) is 0 Å². The third-order valence-electron chi connectivity index (χ3n) is 1.74. The summed E-state index contributed by atoms with van der Waals surface area (Å²) < 4.78 is 18.0. The Kier molecular flexibility index (Phi) is 3.90. The minimum atomic E-state index is -1.19. The molecule has 0 aliphatic heterocycles. The zero-order valence-corrected chi connectivity index (χ0v) is 8.05. The highest BCUT2D eigenvalue weighted by Gasteiger charge is 2.17. The molecule has 0 saturated carbocycles. The highest BCUT2D eigenvalue weighted by molar-refractivity contribution is 5.68. The van der Waals surface area contributed by atoms with E-state index in [0.29, 0.717) is 0 Å². The van der Waals surface area contributed by atoms with Gasteiger partial charge in [0.2, 0.25) is 5.82 Å². The second-order valence-electron chi connectivity index (χ2n) is 2.89. The third kappa shape index (κ3) is 2.99. The first-order valence-corrected chi connectivity index (χ1v) is 4.23. The number of benzene rings is 1. The number of carboxylic acid groups (broad SMARTS) is 1. The van der Waals surface area contributed by atoms with Crippen molar-refractivity contribution in [2.75, 3.05) is 6.61 Å². The molecule has 0 atom stereocenters. The fraction of sp³-hybridized carbons (Fsp3) is 0.222. The number of hydrogen-bond acceptors (Lipinski definition) is 4. The van der Waals surface area contributed by atoms with E-state index in [4.69, 9.17) is 5.11 Å². The number of carbonyl (C=O) groups is 1. The first-order valence-electron chi connectivity index (χ1n) is 4.23. The smallest absolute Gasteiger partial charge is 0.329 e. The Bertz CT molecular complexity index is 420. The van der Waals surface area contributed by atoms with E-state index in [1.54, 1.807) is 0 Å². The lowest BCUT2D eigenvalue weighted by atomic mass is 10.2. The summed E-state index contributed by atoms with van der Waals surface area (Å²) in [7, 11) is 0. The molecular weight excluding hydrogens is 221 g/mol. The fourth-order valence-corrected chi connectivity index (χ4v) is 1.07. The summed E-state index contributed by atoms with van der Waals surface area (Å²) in [5.41, 5.74) is -0.702. The maximum absolute atomic E-state index is 13.4. The summed E-state index contributed by atoms with van der Waals surface area (Å²) in [6.45, 7) is -0.901. The number of ether oxygens (including phenoxy) is 1. The Labute approximate surface area is 89.4 Å². The molecule has 0 heterocycles. The van der Waals surface area contributed by atoms with E-state index in [2.05, 4.69) is 4.74 Å². The topological polar surface area (TPSA) is 89.7 Å². The summed E-state index contributed by atoms with van der Waals surface area (Å²) in [5, 5.41) is 18.7. The van der Waals surface area contributed by atoms with E-state index in [-0.39, 0.29) is 12.2 Å². The highest BCUT2D eigenvalue weighted by atomic mass is 19.1. The molecule has 0 amide bonds. The number of nitrogens with zero attached hydrogens (tertiary/aromatic N) is 1. The van der Waals surface area contributed by atoms with Crippen LogP contribution in [0.5, 0.6) is 0 Å². The molecule has 6 nitrogen and oxygen atoms in total. The van der Waals surface area contributed by atoms with Crippen molar-refractivity contribution in [2.24, 2.45) is 0 Å². The Morgan fingerprint density at radius 2 is 2.25 bits per heavy atom. The summed E-state index contributed by atoms with van der Waals surface area (Å²) >= 11 is 0. The zero-order chi connectivity index (χ0) is 12.1. The Morgan fingerprint density at radius 3 is 2.81 bits per heavy atom. The molecule has 0 aromatic heterocycles. The van der Waals surface area contributed by atoms with E-state index < -0.39 is 29.0 Å². The van der Waals surface area contributed by atoms with Gasteiger partial charge in [-0.3, -0.25) is 10.1 Å². The standard InChI is InChI=1S/C9H8FNO5/c10-9-6(4-16-5-8(12)13)2-1-3-7(9)11(14)15/h1-3H,4-5H2,(H,12,13). The van der Waals surface area contributed by atoms with Gasteiger partial charge in [-0.15, -0.1) is 0 Å². The van der Waals surface area contributed by atoms with Gasteiger partial charge in [-0.25, -0.2) is 4.79 Å². The largest absolute Gasteiger partial charge is 0.480 e. The molecule has 0 aliphatic carbocycles. The van der Waals surface area contributed by atoms with E-state index in [0.717, 1.165) is 6.07 Å². The number of aliphatic carboxylic acids is 1. The van der Waals surface area contributed by atoms with E-state index >= 15 is 0 Å². The molecule has 0 fully saturated rings. The second-order valence-corrected chi connectivity index (χ2v) is 2.89. The van der Waals surface area contributed by atoms with E-state index in [1.165, 1.54) is 12.1 Å². The molecular formula is C9H8FNO5. The molecule has 0 saturated heterocycles. The summed E-state index contributed by atoms with van der Waals surface area (Å²) in [4.78, 5) is 19.7. The maximum Gasteiger partial charge on any atom is 0.329 e. The Hall–Kier alpha value is -2.02. The minimum Gasteiger partial charge on any atom is -0.480 e. The number of carboxylic acids is 1. The molecule has 1 N–H and O–H groups in total. The second kappa shape index (κ2) is 5.17. The summed E-state index contributed by atoms with van der Waals surface area (Å²) in [6, 6.07) is 3.63. The summed E-state index contributed by atoms with van der Waals surface area (Å²) in [5.74, 6) is -2.19. The van der Waals surface area contributed by atoms with Crippen LogP contribution in [0.15, 0.2) is 18.2 Å². The van der Waals surface area contributed by atoms with Crippen molar-refractivity contribution >= 4 is 11.7 Å². The van der Waals surface area contributed by atoms with Crippen LogP contribution in [-0.4, -0.2) is 22.6 Å². The zero-order valence-electron chi connectivity index (χ0n) is 8.05. The molecule has 7 heteroatoms. The average molecular weight is 229 g/mol. The molecule has 1 aromatic carbocycles. The monoisotopic (exact) mass is 229 g/mol. The quantitative estimate of drug-likeness (QED) is 0.607. The minimum absolute atomic E-state index is 0.0459. The number of nitro benzene ring substituents is 1. The normalized spacial score (nSPS) is 10.1. The van der Waals surface area contributed by atoms with Gasteiger partial charge >= 0.3 is 11.7 Å². The molecule has 0 spiro atoms. The van der Waals surface area contributed by atoms with Gasteiger partial charge in [0.15, 0.2) is 0 Å². The van der Waals surface area contributed by atoms with Gasteiger partial charge in [-0.1, -0.05) is 12.1 Å². The lowest BCUT2D eigenvalue weighted by Gasteiger charge is -2.03. The van der Waals surface area contributed by atoms with Crippen LogP contribution in [0.4, 0.5) is 10.1 Å². The maximum atomic E-state index is 13.4. The van der Waals surface area contributed by atoms with Crippen LogP contribution in [-0.2, 0) is 16.1 Å². The Balaban J connectivity index is 2.77. The first kappa shape index (κ1) is 12.1. The van der Waals surface area contributed by atoms with Gasteiger partial charge < -0.3 is 9.84 Å². The van der Waals surface area contributed by atoms with Crippen molar-refractivity contribution in [1.29, 1.82) is 0 Å². The van der Waals surface area contributed by atoms with Crippen molar-refractivity contribution in [2.45, 2.75) is 6.61 Å². The van der Waals surface area contributed by atoms with Crippen LogP contribution >= 0.6 is 0 Å². The van der Waals surface area contributed by atoms with Crippen molar-refractivity contribution in [3.05, 3.63) is 39.7 Å². The molecule has 1 rings (SSSR count). The van der Waals surface area contributed by atoms with Crippen molar-refractivity contribution in [1.82, 2.24) is 0 Å². The lowest BCUT2D eigenvalue weighted by Crippen LogP contribution is -2.08. The van der Waals surface area contributed by atoms with Crippen LogP contribution in [0.1, 0.15) is 5.56 Å². The molecule has 86 valence electrons. The van der Waals surface area contributed by atoms with Gasteiger partial charge in [-0.2, -0.15) is 4.39 Å². The molecule has 0 radical (unpaired) electrons. The summed E-state index contributed by atoms with van der Waals surface area (Å²) in [6.07, 6.45) is 0. The average Bonchev–Trinajstić information content (AvgIpc) is 2.19. The predicted octanol–water partition coefficient (Wildman–Crippen LogP) is 1.34. The number of hydrogen-bond donors (Lipinski definition) is 1. The van der Waals surface area contributed by atoms with Crippen LogP contribution < -0.4 is 0 Å². The van der Waals surface area contributed by atoms with Crippen LogP contribution in [0.3, 0.4) is 0 Å². The van der Waals surface area contributed by atoms with Crippen molar-refractivity contribution < 1.29 is 24.0 Å². The molecule has 0 unspecified atom stereocenters. The number of nitro groups is 1. The van der Waals surface area contributed by atoms with Crippen LogP contribution in [0, 0.1) is 15.9 Å². The van der Waals surface area contributed by atoms with Gasteiger partial charge in [0.05, 0.1) is 11.5 Å². The highest BCUT2D eigenvalue weighted by Crippen LogP contribution is 2.20. The Morgan fingerprint density at radius 1 is 1.56 bits per heavy atom. The van der Waals surface area contributed by atoms with Crippen molar-refractivity contribution in [3.8, 4) is 0 Å². The molecule has 0 bridgehead atoms. The number of halogens is 1. The van der Waals surface area contributed by atoms with Crippen molar-refractivity contribution in [3.63, 3.8) is 0 Å². The van der Waals surface area contributed by atoms with Gasteiger partial charge in [0, 0.05) is 11.6 Å².